The summed E-state index contributed by atoms with van der Waals surface area (Å²) in [5.74, 6) is -2.14. The highest BCUT2D eigenvalue weighted by Crippen LogP contribution is 2.31. The molecule has 0 radical (unpaired) electrons. The maximum absolute atomic E-state index is 13.1. The third-order valence-electron chi connectivity index (χ3n) is 9.62. The van der Waals surface area contributed by atoms with E-state index in [2.05, 4.69) is 20.4 Å². The SMILES string of the molecule is CN(C(=O)c1cccc(OC(=O)OCCOCCN2CCN(CCNC=C3C(=O)CC(c4ccccc4)CC3=O)CC2)c1C=O)C1CCC(=O)NC1=O. The van der Waals surface area contributed by atoms with Gasteiger partial charge in [-0.3, -0.25) is 43.9 Å². The van der Waals surface area contributed by atoms with Crippen LogP contribution in [0.3, 0.4) is 0 Å². The van der Waals surface area contributed by atoms with E-state index in [0.717, 1.165) is 43.2 Å². The third-order valence-corrected chi connectivity index (χ3v) is 9.62. The van der Waals surface area contributed by atoms with Crippen molar-refractivity contribution in [2.75, 3.05) is 72.7 Å². The molecule has 15 nitrogen and oxygen atoms in total. The predicted molar refractivity (Wildman–Crippen MR) is 190 cm³/mol. The maximum atomic E-state index is 13.1. The van der Waals surface area contributed by atoms with E-state index in [-0.39, 0.29) is 66.0 Å². The molecule has 2 N–H and O–H groups in total. The molecule has 5 rings (SSSR count). The summed E-state index contributed by atoms with van der Waals surface area (Å²) < 4.78 is 15.9. The van der Waals surface area contributed by atoms with Crippen LogP contribution in [0.5, 0.6) is 5.75 Å². The number of ketones is 2. The molecule has 2 heterocycles. The van der Waals surface area contributed by atoms with E-state index >= 15 is 0 Å². The molecule has 2 saturated heterocycles. The molecule has 15 heteroatoms. The highest BCUT2D eigenvalue weighted by Gasteiger charge is 2.34. The number of Topliss-reactive ketones (excluding diaryl/α,β-unsaturated/α-hetero) is 2. The van der Waals surface area contributed by atoms with Crippen LogP contribution in [0.1, 0.15) is 57.9 Å². The molecular formula is C38H45N5O10. The molecule has 0 bridgehead atoms. The zero-order chi connectivity index (χ0) is 37.7. The minimum Gasteiger partial charge on any atom is -0.432 e. The van der Waals surface area contributed by atoms with Crippen molar-refractivity contribution in [1.29, 1.82) is 0 Å². The minimum absolute atomic E-state index is 0.0636. The van der Waals surface area contributed by atoms with Gasteiger partial charge >= 0.3 is 6.16 Å². The van der Waals surface area contributed by atoms with Gasteiger partial charge in [0.15, 0.2) is 17.9 Å². The first kappa shape index (κ1) is 39.0. The summed E-state index contributed by atoms with van der Waals surface area (Å²) in [6.45, 7) is 6.03. The number of piperazine rings is 1. The van der Waals surface area contributed by atoms with Crippen LogP contribution in [0.2, 0.25) is 0 Å². The molecule has 3 fully saturated rings. The van der Waals surface area contributed by atoms with Crippen molar-refractivity contribution in [1.82, 2.24) is 25.3 Å². The molecule has 282 valence electrons. The number of likely N-dealkylation sites (N-methyl/N-ethyl adjacent to an activating group) is 1. The number of nitrogens with one attached hydrogen (secondary N) is 2. The van der Waals surface area contributed by atoms with Crippen molar-refractivity contribution in [2.45, 2.75) is 37.6 Å². The highest BCUT2D eigenvalue weighted by molar-refractivity contribution is 6.22. The van der Waals surface area contributed by atoms with Gasteiger partial charge in [0.25, 0.3) is 5.91 Å². The lowest BCUT2D eigenvalue weighted by Gasteiger charge is -2.34. The molecular weight excluding hydrogens is 686 g/mol. The Morgan fingerprint density at radius 1 is 0.906 bits per heavy atom. The normalized spacial score (nSPS) is 19.7. The number of rotatable bonds is 15. The van der Waals surface area contributed by atoms with Gasteiger partial charge < -0.3 is 24.4 Å². The summed E-state index contributed by atoms with van der Waals surface area (Å²) in [5.41, 5.74) is 1.03. The molecule has 3 amide bonds. The number of nitrogens with zero attached hydrogens (tertiary/aromatic N) is 3. The van der Waals surface area contributed by atoms with Gasteiger partial charge in [-0.1, -0.05) is 36.4 Å². The van der Waals surface area contributed by atoms with Crippen LogP contribution in [0, 0.1) is 0 Å². The van der Waals surface area contributed by atoms with E-state index in [0.29, 0.717) is 38.8 Å². The zero-order valence-electron chi connectivity index (χ0n) is 29.8. The molecule has 2 aliphatic heterocycles. The van der Waals surface area contributed by atoms with Crippen molar-refractivity contribution < 1.29 is 47.8 Å². The van der Waals surface area contributed by atoms with E-state index < -0.39 is 29.9 Å². The van der Waals surface area contributed by atoms with Crippen LogP contribution in [0.15, 0.2) is 60.3 Å². The number of carbonyl (C=O) groups excluding carboxylic acids is 7. The number of aldehydes is 1. The smallest absolute Gasteiger partial charge is 0.432 e. The molecule has 1 aliphatic carbocycles. The topological polar surface area (TPSA) is 181 Å². The molecule has 1 saturated carbocycles. The molecule has 2 aromatic rings. The first-order valence-electron chi connectivity index (χ1n) is 17.8. The lowest BCUT2D eigenvalue weighted by Crippen LogP contribution is -2.53. The number of ether oxygens (including phenoxy) is 3. The van der Waals surface area contributed by atoms with Gasteiger partial charge in [0.2, 0.25) is 11.8 Å². The Bertz CT molecular complexity index is 1690. The van der Waals surface area contributed by atoms with Crippen LogP contribution in [0.4, 0.5) is 4.79 Å². The second kappa shape index (κ2) is 19.0. The number of allylic oxidation sites excluding steroid dienone is 1. The molecule has 1 atom stereocenters. The van der Waals surface area contributed by atoms with Gasteiger partial charge in [-0.05, 0) is 30.0 Å². The van der Waals surface area contributed by atoms with Crippen LogP contribution >= 0.6 is 0 Å². The Kier molecular flexibility index (Phi) is 14.0. The highest BCUT2D eigenvalue weighted by atomic mass is 16.7. The molecule has 0 aromatic heterocycles. The van der Waals surface area contributed by atoms with Crippen molar-refractivity contribution in [3.63, 3.8) is 0 Å². The lowest BCUT2D eigenvalue weighted by molar-refractivity contribution is -0.136. The van der Waals surface area contributed by atoms with Gasteiger partial charge in [0.1, 0.15) is 18.4 Å². The largest absolute Gasteiger partial charge is 0.513 e. The Morgan fingerprint density at radius 3 is 2.28 bits per heavy atom. The second-order valence-corrected chi connectivity index (χ2v) is 13.1. The number of piperidine rings is 1. The number of hydrogen-bond donors (Lipinski definition) is 2. The quantitative estimate of drug-likeness (QED) is 0.0515. The van der Waals surface area contributed by atoms with E-state index in [1.807, 2.05) is 30.3 Å². The van der Waals surface area contributed by atoms with Gasteiger partial charge in [0, 0.05) is 78.3 Å². The fraction of sp³-hybridized carbons (Fsp3) is 0.447. The van der Waals surface area contributed by atoms with Gasteiger partial charge in [0.05, 0.1) is 29.9 Å². The third kappa shape index (κ3) is 10.7. The Labute approximate surface area is 307 Å². The summed E-state index contributed by atoms with van der Waals surface area (Å²) in [4.78, 5) is 92.2. The Balaban J connectivity index is 0.936. The monoisotopic (exact) mass is 731 g/mol. The van der Waals surface area contributed by atoms with Crippen LogP contribution < -0.4 is 15.4 Å². The van der Waals surface area contributed by atoms with Crippen molar-refractivity contribution in [3.05, 3.63) is 77.0 Å². The first-order chi connectivity index (χ1) is 25.6. The number of amides is 3. The van der Waals surface area contributed by atoms with E-state index in [4.69, 9.17) is 14.2 Å². The standard InChI is InChI=1S/C38H45N5O10/c1-41(31-10-11-35(47)40-36(31)48)37(49)28-8-5-9-34(30(28)25-44)53-38(50)52-21-20-51-19-18-43-16-14-42(15-17-43)13-12-39-24-29-32(45)22-27(23-33(29)46)26-6-3-2-4-7-26/h2-9,24-25,27,31,39H,10-23H2,1H3,(H,40,47,48). The average molecular weight is 732 g/mol. The van der Waals surface area contributed by atoms with Crippen molar-refractivity contribution in [3.8, 4) is 5.75 Å². The maximum Gasteiger partial charge on any atom is 0.513 e. The molecule has 1 unspecified atom stereocenters. The van der Waals surface area contributed by atoms with Gasteiger partial charge in [-0.15, -0.1) is 0 Å². The fourth-order valence-corrected chi connectivity index (χ4v) is 6.57. The van der Waals surface area contributed by atoms with Crippen LogP contribution in [-0.4, -0.2) is 135 Å². The van der Waals surface area contributed by atoms with Gasteiger partial charge in [-0.2, -0.15) is 0 Å². The predicted octanol–water partition coefficient (Wildman–Crippen LogP) is 1.72. The average Bonchev–Trinajstić information content (AvgIpc) is 3.15. The summed E-state index contributed by atoms with van der Waals surface area (Å²) in [5, 5.41) is 5.35. The first-order valence-corrected chi connectivity index (χ1v) is 17.8. The van der Waals surface area contributed by atoms with Crippen LogP contribution in [0.25, 0.3) is 0 Å². The molecule has 0 spiro atoms. The Hall–Kier alpha value is -5.25. The summed E-state index contributed by atoms with van der Waals surface area (Å²) in [6.07, 6.45) is 1.80. The zero-order valence-corrected chi connectivity index (χ0v) is 29.8. The lowest BCUT2D eigenvalue weighted by atomic mass is 9.80. The number of hydrogen-bond acceptors (Lipinski definition) is 13. The number of imide groups is 1. The van der Waals surface area contributed by atoms with E-state index in [9.17, 15) is 33.6 Å². The molecule has 53 heavy (non-hydrogen) atoms. The minimum atomic E-state index is -1.07. The molecule has 2 aromatic carbocycles. The molecule has 3 aliphatic rings. The summed E-state index contributed by atoms with van der Waals surface area (Å²) in [6, 6.07) is 13.0. The van der Waals surface area contributed by atoms with Crippen LogP contribution in [-0.2, 0) is 28.7 Å². The fourth-order valence-electron chi connectivity index (χ4n) is 6.57. The van der Waals surface area contributed by atoms with E-state index in [1.165, 1.54) is 25.2 Å². The van der Waals surface area contributed by atoms with Gasteiger partial charge in [-0.25, -0.2) is 4.79 Å². The summed E-state index contributed by atoms with van der Waals surface area (Å²) >= 11 is 0. The summed E-state index contributed by atoms with van der Waals surface area (Å²) in [7, 11) is 1.40. The Morgan fingerprint density at radius 2 is 1.60 bits per heavy atom. The second-order valence-electron chi connectivity index (χ2n) is 13.1. The number of benzene rings is 2. The van der Waals surface area contributed by atoms with Crippen molar-refractivity contribution >= 4 is 41.7 Å². The van der Waals surface area contributed by atoms with Crippen molar-refractivity contribution in [2.24, 2.45) is 0 Å². The van der Waals surface area contributed by atoms with E-state index in [1.54, 1.807) is 6.20 Å². The number of carbonyl (C=O) groups is 7.